The molecule has 1 saturated heterocycles. The van der Waals surface area contributed by atoms with Crippen LogP contribution in [0.15, 0.2) is 12.4 Å². The van der Waals surface area contributed by atoms with Crippen molar-refractivity contribution in [3.63, 3.8) is 0 Å². The fourth-order valence-electron chi connectivity index (χ4n) is 1.56. The molecule has 76 valence electrons. The van der Waals surface area contributed by atoms with Crippen LogP contribution in [-0.4, -0.2) is 22.3 Å². The summed E-state index contributed by atoms with van der Waals surface area (Å²) in [7, 11) is 0. The number of nitrogens with two attached hydrogens (primary N) is 1. The van der Waals surface area contributed by atoms with Crippen LogP contribution >= 0.6 is 0 Å². The van der Waals surface area contributed by atoms with E-state index in [9.17, 15) is 4.79 Å². The van der Waals surface area contributed by atoms with Crippen LogP contribution in [0.2, 0.25) is 0 Å². The highest BCUT2D eigenvalue weighted by Gasteiger charge is 2.17. The molecule has 1 amide bonds. The number of carbonyl (C=O) groups is 1. The summed E-state index contributed by atoms with van der Waals surface area (Å²) in [5, 5.41) is 4.05. The van der Waals surface area contributed by atoms with Crippen molar-refractivity contribution in [1.82, 2.24) is 9.78 Å². The summed E-state index contributed by atoms with van der Waals surface area (Å²) >= 11 is 0. The van der Waals surface area contributed by atoms with Gasteiger partial charge < -0.3 is 10.5 Å². The van der Waals surface area contributed by atoms with Crippen molar-refractivity contribution in [3.05, 3.63) is 18.0 Å². The van der Waals surface area contributed by atoms with Crippen molar-refractivity contribution < 1.29 is 9.53 Å². The third-order valence-electron chi connectivity index (χ3n) is 2.34. The SMILES string of the molecule is NC(=O)c1cnn(C2CCCCO2)c1. The Balaban J connectivity index is 2.11. The third kappa shape index (κ3) is 1.77. The van der Waals surface area contributed by atoms with Crippen molar-refractivity contribution in [1.29, 1.82) is 0 Å². The summed E-state index contributed by atoms with van der Waals surface area (Å²) in [4.78, 5) is 10.8. The molecule has 1 aromatic heterocycles. The number of rotatable bonds is 2. The van der Waals surface area contributed by atoms with Gasteiger partial charge in [-0.1, -0.05) is 0 Å². The largest absolute Gasteiger partial charge is 0.366 e. The molecule has 0 spiro atoms. The molecule has 5 nitrogen and oxygen atoms in total. The molecule has 1 aliphatic heterocycles. The molecular formula is C9H13N3O2. The van der Waals surface area contributed by atoms with E-state index in [-0.39, 0.29) is 6.23 Å². The first-order chi connectivity index (χ1) is 6.77. The van der Waals surface area contributed by atoms with E-state index < -0.39 is 5.91 Å². The second kappa shape index (κ2) is 3.79. The molecule has 1 aliphatic rings. The minimum Gasteiger partial charge on any atom is -0.366 e. The average molecular weight is 195 g/mol. The molecule has 5 heteroatoms. The van der Waals surface area contributed by atoms with E-state index in [1.807, 2.05) is 0 Å². The molecule has 0 bridgehead atoms. The maximum atomic E-state index is 10.8. The molecule has 1 unspecified atom stereocenters. The molecule has 0 radical (unpaired) electrons. The predicted molar refractivity (Wildman–Crippen MR) is 49.6 cm³/mol. The molecule has 1 atom stereocenters. The van der Waals surface area contributed by atoms with Gasteiger partial charge in [-0.3, -0.25) is 4.79 Å². The van der Waals surface area contributed by atoms with Gasteiger partial charge in [0.15, 0.2) is 0 Å². The van der Waals surface area contributed by atoms with Crippen molar-refractivity contribution >= 4 is 5.91 Å². The lowest BCUT2D eigenvalue weighted by Crippen LogP contribution is -2.18. The maximum absolute atomic E-state index is 10.8. The summed E-state index contributed by atoms with van der Waals surface area (Å²) in [6, 6.07) is 0. The summed E-state index contributed by atoms with van der Waals surface area (Å²) in [6.45, 7) is 0.760. The fraction of sp³-hybridized carbons (Fsp3) is 0.556. The Morgan fingerprint density at radius 2 is 2.50 bits per heavy atom. The number of nitrogens with zero attached hydrogens (tertiary/aromatic N) is 2. The molecule has 1 aromatic rings. The normalized spacial score (nSPS) is 22.1. The van der Waals surface area contributed by atoms with Gasteiger partial charge in [0, 0.05) is 12.8 Å². The minimum absolute atomic E-state index is 0.0307. The highest BCUT2D eigenvalue weighted by atomic mass is 16.5. The summed E-state index contributed by atoms with van der Waals surface area (Å²) in [5.74, 6) is -0.452. The summed E-state index contributed by atoms with van der Waals surface area (Å²) < 4.78 is 7.17. The Bertz CT molecular complexity index is 329. The lowest BCUT2D eigenvalue weighted by atomic mass is 10.2. The Hall–Kier alpha value is -1.36. The van der Waals surface area contributed by atoms with Crippen molar-refractivity contribution in [2.45, 2.75) is 25.5 Å². The second-order valence-corrected chi connectivity index (χ2v) is 3.39. The van der Waals surface area contributed by atoms with Gasteiger partial charge in [-0.15, -0.1) is 0 Å². The third-order valence-corrected chi connectivity index (χ3v) is 2.34. The quantitative estimate of drug-likeness (QED) is 0.754. The number of aromatic nitrogens is 2. The molecule has 2 rings (SSSR count). The van der Waals surface area contributed by atoms with Crippen LogP contribution in [0.1, 0.15) is 35.8 Å². The van der Waals surface area contributed by atoms with Crippen molar-refractivity contribution in [2.75, 3.05) is 6.61 Å². The van der Waals surface area contributed by atoms with E-state index >= 15 is 0 Å². The van der Waals surface area contributed by atoms with E-state index in [1.165, 1.54) is 6.20 Å². The van der Waals surface area contributed by atoms with Crippen LogP contribution in [-0.2, 0) is 4.74 Å². The zero-order valence-electron chi connectivity index (χ0n) is 7.85. The lowest BCUT2D eigenvalue weighted by molar-refractivity contribution is -0.0395. The van der Waals surface area contributed by atoms with Gasteiger partial charge in [0.2, 0.25) is 0 Å². The number of ether oxygens (including phenoxy) is 1. The number of primary amides is 1. The van der Waals surface area contributed by atoms with Gasteiger partial charge in [0.05, 0.1) is 11.8 Å². The zero-order valence-corrected chi connectivity index (χ0v) is 7.85. The van der Waals surface area contributed by atoms with Crippen LogP contribution in [0.25, 0.3) is 0 Å². The first kappa shape index (κ1) is 9.21. The second-order valence-electron chi connectivity index (χ2n) is 3.39. The van der Waals surface area contributed by atoms with E-state index in [0.29, 0.717) is 5.56 Å². The average Bonchev–Trinajstić information content (AvgIpc) is 2.68. The predicted octanol–water partition coefficient (Wildman–Crippen LogP) is 0.681. The highest BCUT2D eigenvalue weighted by molar-refractivity contribution is 5.92. The fourth-order valence-corrected chi connectivity index (χ4v) is 1.56. The highest BCUT2D eigenvalue weighted by Crippen LogP contribution is 2.21. The van der Waals surface area contributed by atoms with E-state index in [0.717, 1.165) is 25.9 Å². The Kier molecular flexibility index (Phi) is 2.49. The monoisotopic (exact) mass is 195 g/mol. The van der Waals surface area contributed by atoms with Crippen molar-refractivity contribution in [3.8, 4) is 0 Å². The van der Waals surface area contributed by atoms with Gasteiger partial charge in [-0.05, 0) is 19.3 Å². The smallest absolute Gasteiger partial charge is 0.251 e. The van der Waals surface area contributed by atoms with Crippen LogP contribution in [0.5, 0.6) is 0 Å². The van der Waals surface area contributed by atoms with Gasteiger partial charge >= 0.3 is 0 Å². The van der Waals surface area contributed by atoms with Crippen molar-refractivity contribution in [2.24, 2.45) is 5.73 Å². The van der Waals surface area contributed by atoms with E-state index in [2.05, 4.69) is 5.10 Å². The van der Waals surface area contributed by atoms with E-state index in [4.69, 9.17) is 10.5 Å². The first-order valence-electron chi connectivity index (χ1n) is 4.73. The molecule has 0 saturated carbocycles. The lowest BCUT2D eigenvalue weighted by Gasteiger charge is -2.22. The Morgan fingerprint density at radius 3 is 3.07 bits per heavy atom. The van der Waals surface area contributed by atoms with Gasteiger partial charge in [0.25, 0.3) is 5.91 Å². The topological polar surface area (TPSA) is 70.1 Å². The van der Waals surface area contributed by atoms with Gasteiger partial charge in [-0.25, -0.2) is 4.68 Å². The molecule has 14 heavy (non-hydrogen) atoms. The van der Waals surface area contributed by atoms with Crippen LogP contribution in [0.4, 0.5) is 0 Å². The molecule has 0 aliphatic carbocycles. The van der Waals surface area contributed by atoms with E-state index in [1.54, 1.807) is 10.9 Å². The zero-order chi connectivity index (χ0) is 9.97. The maximum Gasteiger partial charge on any atom is 0.251 e. The van der Waals surface area contributed by atoms with Crippen LogP contribution in [0.3, 0.4) is 0 Å². The number of hydrogen-bond acceptors (Lipinski definition) is 3. The number of hydrogen-bond donors (Lipinski definition) is 1. The standard InChI is InChI=1S/C9H13N3O2/c10-9(13)7-5-11-12(6-7)8-3-1-2-4-14-8/h5-6,8H,1-4H2,(H2,10,13). The first-order valence-corrected chi connectivity index (χ1v) is 4.73. The Labute approximate surface area is 81.8 Å². The molecule has 2 N–H and O–H groups in total. The minimum atomic E-state index is -0.452. The molecule has 0 aromatic carbocycles. The van der Waals surface area contributed by atoms with Crippen LogP contribution < -0.4 is 5.73 Å². The van der Waals surface area contributed by atoms with Gasteiger partial charge in [0.1, 0.15) is 6.23 Å². The molecule has 1 fully saturated rings. The van der Waals surface area contributed by atoms with Gasteiger partial charge in [-0.2, -0.15) is 5.10 Å². The number of carbonyl (C=O) groups excluding carboxylic acids is 1. The van der Waals surface area contributed by atoms with Crippen LogP contribution in [0, 0.1) is 0 Å². The number of amides is 1. The molecule has 2 heterocycles. The summed E-state index contributed by atoms with van der Waals surface area (Å²) in [6.07, 6.45) is 6.26. The Morgan fingerprint density at radius 1 is 1.64 bits per heavy atom. The summed E-state index contributed by atoms with van der Waals surface area (Å²) in [5.41, 5.74) is 5.55. The molecular weight excluding hydrogens is 182 g/mol.